The molecule has 0 aliphatic carbocycles. The zero-order valence-corrected chi connectivity index (χ0v) is 16.3. The monoisotopic (exact) mass is 401 g/mol. The lowest BCUT2D eigenvalue weighted by atomic mass is 10.3. The van der Waals surface area contributed by atoms with Gasteiger partial charge in [-0.3, -0.25) is 9.20 Å². The maximum Gasteiger partial charge on any atom is 0.258 e. The van der Waals surface area contributed by atoms with Gasteiger partial charge in [0, 0.05) is 25.4 Å². The number of benzene rings is 1. The molecule has 4 rings (SSSR count). The van der Waals surface area contributed by atoms with Crippen LogP contribution in [0.2, 0.25) is 0 Å². The van der Waals surface area contributed by atoms with E-state index in [4.69, 9.17) is 9.47 Å². The van der Waals surface area contributed by atoms with E-state index >= 15 is 0 Å². The standard InChI is InChI=1S/C19H19N3O5S/c1-13-5-6-22-18(9-13)20-14(10-19(22)23)12-21(2)28(24,25)15-3-4-16-17(11-15)27-8-7-26-16/h3-6,9-11H,7-8,12H2,1-2H3. The summed E-state index contributed by atoms with van der Waals surface area (Å²) in [6.07, 6.45) is 1.65. The van der Waals surface area contributed by atoms with Crippen molar-refractivity contribution in [3.8, 4) is 11.5 Å². The summed E-state index contributed by atoms with van der Waals surface area (Å²) in [5.74, 6) is 0.922. The van der Waals surface area contributed by atoms with Gasteiger partial charge in [0.15, 0.2) is 11.5 Å². The van der Waals surface area contributed by atoms with Crippen LogP contribution in [0.3, 0.4) is 0 Å². The van der Waals surface area contributed by atoms with E-state index in [2.05, 4.69) is 4.98 Å². The number of rotatable bonds is 4. The van der Waals surface area contributed by atoms with Crippen LogP contribution in [0, 0.1) is 6.92 Å². The Hall–Kier alpha value is -2.91. The number of aromatic nitrogens is 2. The fraction of sp³-hybridized carbons (Fsp3) is 0.263. The Labute approximate surface area is 162 Å². The lowest BCUT2D eigenvalue weighted by Crippen LogP contribution is -2.28. The normalized spacial score (nSPS) is 13.8. The minimum Gasteiger partial charge on any atom is -0.486 e. The van der Waals surface area contributed by atoms with Crippen molar-refractivity contribution < 1.29 is 17.9 Å². The van der Waals surface area contributed by atoms with E-state index in [1.54, 1.807) is 18.3 Å². The first kappa shape index (κ1) is 18.5. The van der Waals surface area contributed by atoms with Crippen molar-refractivity contribution >= 4 is 15.7 Å². The summed E-state index contributed by atoms with van der Waals surface area (Å²) in [6, 6.07) is 9.45. The second kappa shape index (κ2) is 6.92. The topological polar surface area (TPSA) is 90.2 Å². The van der Waals surface area contributed by atoms with E-state index in [0.717, 1.165) is 9.87 Å². The van der Waals surface area contributed by atoms with Gasteiger partial charge in [0.05, 0.1) is 17.1 Å². The number of pyridine rings is 1. The third kappa shape index (κ3) is 3.34. The fourth-order valence-corrected chi connectivity index (χ4v) is 4.17. The van der Waals surface area contributed by atoms with Gasteiger partial charge in [-0.1, -0.05) is 0 Å². The minimum absolute atomic E-state index is 0.0313. The number of aryl methyl sites for hydroxylation is 1. The zero-order chi connectivity index (χ0) is 19.9. The van der Waals surface area contributed by atoms with Gasteiger partial charge in [0.2, 0.25) is 10.0 Å². The van der Waals surface area contributed by atoms with E-state index in [9.17, 15) is 13.2 Å². The molecule has 0 saturated heterocycles. The zero-order valence-electron chi connectivity index (χ0n) is 15.5. The van der Waals surface area contributed by atoms with Gasteiger partial charge in [-0.05, 0) is 36.8 Å². The molecular formula is C19H19N3O5S. The third-order valence-electron chi connectivity index (χ3n) is 4.48. The van der Waals surface area contributed by atoms with Crippen LogP contribution in [-0.4, -0.2) is 42.4 Å². The van der Waals surface area contributed by atoms with E-state index < -0.39 is 10.0 Å². The first-order chi connectivity index (χ1) is 13.3. The van der Waals surface area contributed by atoms with Crippen molar-refractivity contribution in [2.45, 2.75) is 18.4 Å². The summed E-state index contributed by atoms with van der Waals surface area (Å²) in [5, 5.41) is 0. The Bertz CT molecular complexity index is 1220. The van der Waals surface area contributed by atoms with Crippen molar-refractivity contribution in [2.24, 2.45) is 0 Å². The summed E-state index contributed by atoms with van der Waals surface area (Å²) in [4.78, 5) is 16.8. The van der Waals surface area contributed by atoms with Crippen LogP contribution in [0.1, 0.15) is 11.3 Å². The molecule has 0 bridgehead atoms. The number of nitrogens with zero attached hydrogens (tertiary/aromatic N) is 3. The van der Waals surface area contributed by atoms with Gasteiger partial charge in [0.25, 0.3) is 5.56 Å². The Morgan fingerprint density at radius 2 is 1.86 bits per heavy atom. The molecule has 1 aliphatic rings. The van der Waals surface area contributed by atoms with Gasteiger partial charge >= 0.3 is 0 Å². The Balaban J connectivity index is 1.65. The van der Waals surface area contributed by atoms with Gasteiger partial charge < -0.3 is 9.47 Å². The molecule has 1 aromatic carbocycles. The molecule has 8 nitrogen and oxygen atoms in total. The molecule has 3 heterocycles. The van der Waals surface area contributed by atoms with Crippen molar-refractivity contribution in [3.63, 3.8) is 0 Å². The molecule has 0 fully saturated rings. The molecule has 0 radical (unpaired) electrons. The predicted molar refractivity (Wildman–Crippen MR) is 102 cm³/mol. The fourth-order valence-electron chi connectivity index (χ4n) is 3.01. The van der Waals surface area contributed by atoms with E-state index in [0.29, 0.717) is 36.1 Å². The molecule has 0 saturated carbocycles. The first-order valence-corrected chi connectivity index (χ1v) is 10.1. The highest BCUT2D eigenvalue weighted by molar-refractivity contribution is 7.89. The molecule has 0 amide bonds. The van der Waals surface area contributed by atoms with Crippen LogP contribution in [0.4, 0.5) is 0 Å². The maximum atomic E-state index is 12.9. The molecule has 0 spiro atoms. The molecule has 146 valence electrons. The highest BCUT2D eigenvalue weighted by Gasteiger charge is 2.24. The third-order valence-corrected chi connectivity index (χ3v) is 6.28. The molecule has 3 aromatic rings. The second-order valence-electron chi connectivity index (χ2n) is 6.58. The van der Waals surface area contributed by atoms with Gasteiger partial charge in [-0.25, -0.2) is 13.4 Å². The lowest BCUT2D eigenvalue weighted by Gasteiger charge is -2.21. The van der Waals surface area contributed by atoms with Gasteiger partial charge in [-0.2, -0.15) is 4.31 Å². The molecule has 28 heavy (non-hydrogen) atoms. The van der Waals surface area contributed by atoms with Crippen molar-refractivity contribution in [1.82, 2.24) is 13.7 Å². The van der Waals surface area contributed by atoms with Crippen LogP contribution in [0.25, 0.3) is 5.65 Å². The molecule has 9 heteroatoms. The number of hydrogen-bond acceptors (Lipinski definition) is 6. The van der Waals surface area contributed by atoms with Crippen LogP contribution in [0.5, 0.6) is 11.5 Å². The highest BCUT2D eigenvalue weighted by atomic mass is 32.2. The van der Waals surface area contributed by atoms with Crippen LogP contribution >= 0.6 is 0 Å². The summed E-state index contributed by atoms with van der Waals surface area (Å²) in [5.41, 5.74) is 1.55. The highest BCUT2D eigenvalue weighted by Crippen LogP contribution is 2.33. The summed E-state index contributed by atoms with van der Waals surface area (Å²) < 4.78 is 39.4. The number of sulfonamides is 1. The van der Waals surface area contributed by atoms with Crippen LogP contribution < -0.4 is 15.0 Å². The van der Waals surface area contributed by atoms with Crippen molar-refractivity contribution in [3.05, 3.63) is 64.2 Å². The average molecular weight is 401 g/mol. The van der Waals surface area contributed by atoms with E-state index in [1.165, 1.54) is 29.6 Å². The van der Waals surface area contributed by atoms with Gasteiger partial charge in [0.1, 0.15) is 18.9 Å². The molecule has 0 atom stereocenters. The van der Waals surface area contributed by atoms with E-state index in [1.807, 2.05) is 13.0 Å². The van der Waals surface area contributed by atoms with Crippen LogP contribution in [-0.2, 0) is 16.6 Å². The second-order valence-corrected chi connectivity index (χ2v) is 8.63. The summed E-state index contributed by atoms with van der Waals surface area (Å²) >= 11 is 0. The molecule has 1 aliphatic heterocycles. The maximum absolute atomic E-state index is 12.9. The van der Waals surface area contributed by atoms with Crippen molar-refractivity contribution in [1.29, 1.82) is 0 Å². The predicted octanol–water partition coefficient (Wildman–Crippen LogP) is 1.59. The van der Waals surface area contributed by atoms with E-state index in [-0.39, 0.29) is 17.0 Å². The Kier molecular flexibility index (Phi) is 4.56. The first-order valence-electron chi connectivity index (χ1n) is 8.69. The van der Waals surface area contributed by atoms with Gasteiger partial charge in [-0.15, -0.1) is 0 Å². The average Bonchev–Trinajstić information content (AvgIpc) is 2.67. The molecule has 0 N–H and O–H groups in total. The smallest absolute Gasteiger partial charge is 0.258 e. The summed E-state index contributed by atoms with van der Waals surface area (Å²) in [6.45, 7) is 2.67. The number of ether oxygens (including phenoxy) is 2. The number of hydrogen-bond donors (Lipinski definition) is 0. The molecular weight excluding hydrogens is 382 g/mol. The Morgan fingerprint density at radius 3 is 2.64 bits per heavy atom. The SMILES string of the molecule is Cc1ccn2c(=O)cc(CN(C)S(=O)(=O)c3ccc4c(c3)OCCO4)nc2c1. The Morgan fingerprint density at radius 1 is 1.11 bits per heavy atom. The van der Waals surface area contributed by atoms with Crippen LogP contribution in [0.15, 0.2) is 52.3 Å². The quantitative estimate of drug-likeness (QED) is 0.660. The summed E-state index contributed by atoms with van der Waals surface area (Å²) in [7, 11) is -2.35. The van der Waals surface area contributed by atoms with Crippen molar-refractivity contribution in [2.75, 3.05) is 20.3 Å². The minimum atomic E-state index is -3.80. The lowest BCUT2D eigenvalue weighted by molar-refractivity contribution is 0.171. The number of fused-ring (bicyclic) bond motifs is 2. The molecule has 0 unspecified atom stereocenters. The molecule has 2 aromatic heterocycles. The largest absolute Gasteiger partial charge is 0.486 e.